The number of aliphatic hydroxyl groups is 2. The number of nitrogens with zero attached hydrogens (tertiary/aromatic N) is 3. The van der Waals surface area contributed by atoms with Crippen molar-refractivity contribution >= 4 is 23.2 Å². The molecule has 3 heterocycles. The van der Waals surface area contributed by atoms with Crippen molar-refractivity contribution in [2.24, 2.45) is 0 Å². The van der Waals surface area contributed by atoms with Crippen LogP contribution in [-0.4, -0.2) is 74.0 Å². The molecule has 0 radical (unpaired) electrons. The Morgan fingerprint density at radius 3 is 2.26 bits per heavy atom. The van der Waals surface area contributed by atoms with Gasteiger partial charge in [-0.2, -0.15) is 26.3 Å². The van der Waals surface area contributed by atoms with Crippen molar-refractivity contribution in [3.05, 3.63) is 34.2 Å². The largest absolute Gasteiger partial charge is 0.432 e. The Morgan fingerprint density at radius 1 is 1.13 bits per heavy atom. The molecule has 216 valence electrons. The molecule has 39 heavy (non-hydrogen) atoms. The summed E-state index contributed by atoms with van der Waals surface area (Å²) in [5.74, 6) is -1.29. The molecule has 0 spiro atoms. The quantitative estimate of drug-likeness (QED) is 0.437. The zero-order valence-electron chi connectivity index (χ0n) is 21.5. The first-order valence-corrected chi connectivity index (χ1v) is 12.7. The smallest absolute Gasteiger partial charge is 0.389 e. The predicted molar refractivity (Wildman–Crippen MR) is 129 cm³/mol. The van der Waals surface area contributed by atoms with Crippen LogP contribution in [0.15, 0.2) is 12.3 Å². The van der Waals surface area contributed by atoms with E-state index in [-0.39, 0.29) is 39.3 Å². The van der Waals surface area contributed by atoms with Crippen LogP contribution in [0.25, 0.3) is 10.4 Å². The number of carbonyl (C=O) groups is 2. The number of thiazole rings is 1. The predicted octanol–water partition coefficient (Wildman–Crippen LogP) is 4.34. The lowest BCUT2D eigenvalue weighted by molar-refractivity contribution is -0.377. The number of aryl methyl sites for hydroxylation is 1. The minimum Gasteiger partial charge on any atom is -0.389 e. The van der Waals surface area contributed by atoms with Gasteiger partial charge in [0.15, 0.2) is 5.01 Å². The number of aromatic nitrogens is 2. The summed E-state index contributed by atoms with van der Waals surface area (Å²) in [6, 6.07) is 0.283. The van der Waals surface area contributed by atoms with E-state index in [1.807, 2.05) is 6.92 Å². The van der Waals surface area contributed by atoms with Crippen LogP contribution in [0.5, 0.6) is 0 Å². The Hall–Kier alpha value is -2.78. The van der Waals surface area contributed by atoms with Crippen LogP contribution in [0.2, 0.25) is 0 Å². The first-order chi connectivity index (χ1) is 17.8. The molecule has 1 aliphatic rings. The minimum absolute atomic E-state index is 0.0188. The summed E-state index contributed by atoms with van der Waals surface area (Å²) in [5, 5.41) is 21.9. The van der Waals surface area contributed by atoms with E-state index in [9.17, 15) is 46.1 Å². The number of amides is 2. The molecule has 15 heteroatoms. The molecule has 1 aliphatic heterocycles. The zero-order valence-corrected chi connectivity index (χ0v) is 22.3. The van der Waals surface area contributed by atoms with E-state index < -0.39 is 41.1 Å². The van der Waals surface area contributed by atoms with Gasteiger partial charge in [0.25, 0.3) is 17.4 Å². The van der Waals surface area contributed by atoms with Crippen molar-refractivity contribution in [2.45, 2.75) is 76.6 Å². The van der Waals surface area contributed by atoms with Gasteiger partial charge in [-0.3, -0.25) is 14.6 Å². The molecule has 8 nitrogen and oxygen atoms in total. The molecule has 2 amide bonds. The molecule has 0 saturated carbocycles. The van der Waals surface area contributed by atoms with Crippen molar-refractivity contribution in [2.75, 3.05) is 13.1 Å². The van der Waals surface area contributed by atoms with Crippen LogP contribution >= 0.6 is 11.3 Å². The number of nitrogens with one attached hydrogen (secondary N) is 1. The minimum atomic E-state index is -6.12. The second kappa shape index (κ2) is 10.7. The van der Waals surface area contributed by atoms with Gasteiger partial charge in [-0.05, 0) is 58.6 Å². The average molecular weight is 583 g/mol. The van der Waals surface area contributed by atoms with E-state index in [4.69, 9.17) is 0 Å². The van der Waals surface area contributed by atoms with Crippen LogP contribution in [0.1, 0.15) is 71.6 Å². The highest BCUT2D eigenvalue weighted by Crippen LogP contribution is 2.50. The lowest BCUT2D eigenvalue weighted by Gasteiger charge is -2.33. The van der Waals surface area contributed by atoms with E-state index in [0.717, 1.165) is 12.8 Å². The van der Waals surface area contributed by atoms with E-state index in [0.29, 0.717) is 36.6 Å². The molecule has 2 aromatic rings. The van der Waals surface area contributed by atoms with Crippen LogP contribution in [-0.2, 0) is 5.60 Å². The number of hydrogen-bond acceptors (Lipinski definition) is 7. The van der Waals surface area contributed by atoms with Crippen LogP contribution in [0.4, 0.5) is 26.3 Å². The molecule has 0 bridgehead atoms. The SMILES string of the molecule is Cc1cc(C(O)(C(F)(F)F)C(F)(F)F)ncc1-c1sc(C(=O)NCC(C)(C)O)nc1C(=O)N1CCCC[C@@H]1C. The van der Waals surface area contributed by atoms with Gasteiger partial charge in [-0.25, -0.2) is 4.98 Å². The molecule has 3 rings (SSSR count). The molecule has 1 fully saturated rings. The van der Waals surface area contributed by atoms with Crippen molar-refractivity contribution in [3.63, 3.8) is 0 Å². The Morgan fingerprint density at radius 2 is 1.74 bits per heavy atom. The number of carbonyl (C=O) groups excluding carboxylic acids is 2. The molecule has 1 saturated heterocycles. The maximum Gasteiger partial charge on any atom is 0.432 e. The summed E-state index contributed by atoms with van der Waals surface area (Å²) in [6.07, 6.45) is -9.22. The van der Waals surface area contributed by atoms with Gasteiger partial charge in [0.2, 0.25) is 0 Å². The molecular formula is C24H28F6N4O4S. The van der Waals surface area contributed by atoms with Crippen LogP contribution < -0.4 is 5.32 Å². The van der Waals surface area contributed by atoms with Gasteiger partial charge in [0.1, 0.15) is 5.69 Å². The molecule has 0 aromatic carbocycles. The van der Waals surface area contributed by atoms with Crippen molar-refractivity contribution in [1.29, 1.82) is 0 Å². The molecule has 0 unspecified atom stereocenters. The molecule has 1 atom stereocenters. The van der Waals surface area contributed by atoms with E-state index in [1.165, 1.54) is 20.8 Å². The first-order valence-electron chi connectivity index (χ1n) is 11.9. The summed E-state index contributed by atoms with van der Waals surface area (Å²) in [5.41, 5.74) is -8.57. The number of alkyl halides is 6. The second-order valence-electron chi connectivity index (χ2n) is 10.1. The highest BCUT2D eigenvalue weighted by atomic mass is 32.1. The standard InChI is InChI=1S/C24H28F6N4O4S/c1-12-9-15(22(38,23(25,26)27)24(28,29)30)31-10-14(12)17-16(20(36)34-8-6-5-7-13(34)2)33-19(39-17)18(35)32-11-21(3,4)37/h9-10,13,37-38H,5-8,11H2,1-4H3,(H,32,35)/t13-/m0/s1. The third-order valence-electron chi connectivity index (χ3n) is 6.32. The summed E-state index contributed by atoms with van der Waals surface area (Å²) in [6.45, 7) is 6.17. The number of likely N-dealkylation sites (tertiary alicyclic amines) is 1. The number of piperidine rings is 1. The number of rotatable bonds is 6. The van der Waals surface area contributed by atoms with E-state index in [2.05, 4.69) is 15.3 Å². The third-order valence-corrected chi connectivity index (χ3v) is 7.40. The Kier molecular flexibility index (Phi) is 8.40. The number of pyridine rings is 1. The highest BCUT2D eigenvalue weighted by molar-refractivity contribution is 7.17. The average Bonchev–Trinajstić information content (AvgIpc) is 3.25. The Bertz CT molecular complexity index is 1220. The lowest BCUT2D eigenvalue weighted by Crippen LogP contribution is -2.54. The lowest BCUT2D eigenvalue weighted by atomic mass is 9.94. The topological polar surface area (TPSA) is 116 Å². The van der Waals surface area contributed by atoms with Gasteiger partial charge in [-0.15, -0.1) is 11.3 Å². The van der Waals surface area contributed by atoms with Crippen LogP contribution in [0, 0.1) is 6.92 Å². The summed E-state index contributed by atoms with van der Waals surface area (Å²) >= 11 is 0.704. The molecule has 2 aromatic heterocycles. The van der Waals surface area contributed by atoms with Crippen molar-refractivity contribution < 1.29 is 46.1 Å². The fraction of sp³-hybridized carbons (Fsp3) is 0.583. The van der Waals surface area contributed by atoms with Gasteiger partial charge in [-0.1, -0.05) is 0 Å². The Labute approximate surface area is 224 Å². The van der Waals surface area contributed by atoms with Crippen molar-refractivity contribution in [1.82, 2.24) is 20.2 Å². The fourth-order valence-corrected chi connectivity index (χ4v) is 5.14. The Balaban J connectivity index is 2.13. The maximum absolute atomic E-state index is 13.5. The highest BCUT2D eigenvalue weighted by Gasteiger charge is 2.72. The zero-order chi connectivity index (χ0) is 29.6. The summed E-state index contributed by atoms with van der Waals surface area (Å²) in [4.78, 5) is 35.3. The van der Waals surface area contributed by atoms with Crippen LogP contribution in [0.3, 0.4) is 0 Å². The number of hydrogen-bond donors (Lipinski definition) is 3. The van der Waals surface area contributed by atoms with Gasteiger partial charge >= 0.3 is 12.4 Å². The van der Waals surface area contributed by atoms with E-state index in [1.54, 1.807) is 4.90 Å². The molecule has 3 N–H and O–H groups in total. The van der Waals surface area contributed by atoms with Gasteiger partial charge in [0.05, 0.1) is 16.2 Å². The van der Waals surface area contributed by atoms with Gasteiger partial charge in [0, 0.05) is 30.9 Å². The molecular weight excluding hydrogens is 554 g/mol. The molecule has 0 aliphatic carbocycles. The fourth-order valence-electron chi connectivity index (χ4n) is 4.10. The van der Waals surface area contributed by atoms with Crippen molar-refractivity contribution in [3.8, 4) is 10.4 Å². The number of halogens is 6. The maximum atomic E-state index is 13.5. The van der Waals surface area contributed by atoms with Gasteiger partial charge < -0.3 is 20.4 Å². The monoisotopic (exact) mass is 582 g/mol. The summed E-state index contributed by atoms with van der Waals surface area (Å²) < 4.78 is 80.2. The third kappa shape index (κ3) is 6.19. The first kappa shape index (κ1) is 30.8. The second-order valence-corrected chi connectivity index (χ2v) is 11.1. The van der Waals surface area contributed by atoms with E-state index >= 15 is 0 Å². The normalized spacial score (nSPS) is 17.3. The summed E-state index contributed by atoms with van der Waals surface area (Å²) in [7, 11) is 0.